The van der Waals surface area contributed by atoms with Crippen LogP contribution < -0.4 is 16.4 Å². The Morgan fingerprint density at radius 2 is 1.78 bits per heavy atom. The van der Waals surface area contributed by atoms with Crippen LogP contribution in [0.3, 0.4) is 0 Å². The minimum atomic E-state index is -1.15. The molecule has 0 saturated heterocycles. The molecule has 7 nitrogen and oxygen atoms in total. The van der Waals surface area contributed by atoms with Gasteiger partial charge in [-0.1, -0.05) is 0 Å². The Balaban J connectivity index is 1.97. The van der Waals surface area contributed by atoms with Gasteiger partial charge in [-0.2, -0.15) is 0 Å². The van der Waals surface area contributed by atoms with Gasteiger partial charge in [0.2, 0.25) is 0 Å². The number of pyridine rings is 1. The maximum atomic E-state index is 14.8. The quantitative estimate of drug-likeness (QED) is 0.292. The summed E-state index contributed by atoms with van der Waals surface area (Å²) in [6.45, 7) is 3.63. The fourth-order valence-corrected chi connectivity index (χ4v) is 3.37. The number of hydrogen-bond donors (Lipinski definition) is 5. The molecule has 0 aliphatic heterocycles. The van der Waals surface area contributed by atoms with Crippen LogP contribution in [0, 0.1) is 36.3 Å². The number of carbonyl (C=O) groups is 1. The van der Waals surface area contributed by atoms with Crippen molar-refractivity contribution in [3.63, 3.8) is 0 Å². The van der Waals surface area contributed by atoms with Crippen LogP contribution in [0.15, 0.2) is 36.4 Å². The van der Waals surface area contributed by atoms with E-state index < -0.39 is 23.1 Å². The summed E-state index contributed by atoms with van der Waals surface area (Å²) in [5.41, 5.74) is 8.12. The first-order chi connectivity index (χ1) is 15.2. The lowest BCUT2D eigenvalue weighted by molar-refractivity contribution is 0.101. The number of hydrogen-bond acceptors (Lipinski definition) is 6. The molecule has 0 spiro atoms. The van der Waals surface area contributed by atoms with E-state index in [1.165, 1.54) is 25.2 Å². The van der Waals surface area contributed by atoms with Crippen molar-refractivity contribution < 1.29 is 13.6 Å². The van der Waals surface area contributed by atoms with E-state index in [4.69, 9.17) is 16.6 Å². The lowest BCUT2D eigenvalue weighted by Crippen LogP contribution is -2.18. The molecule has 9 heteroatoms. The van der Waals surface area contributed by atoms with E-state index in [9.17, 15) is 13.6 Å². The number of aromatic nitrogens is 1. The Bertz CT molecular complexity index is 1240. The van der Waals surface area contributed by atoms with E-state index in [1.54, 1.807) is 12.1 Å². The van der Waals surface area contributed by atoms with Crippen molar-refractivity contribution in [3.8, 4) is 0 Å². The molecule has 0 aliphatic rings. The summed E-state index contributed by atoms with van der Waals surface area (Å²) in [6.07, 6.45) is 0.707. The molecule has 0 aliphatic carbocycles. The van der Waals surface area contributed by atoms with Gasteiger partial charge >= 0.3 is 0 Å². The zero-order chi connectivity index (χ0) is 23.6. The van der Waals surface area contributed by atoms with Crippen LogP contribution >= 0.6 is 0 Å². The van der Waals surface area contributed by atoms with E-state index in [2.05, 4.69) is 15.6 Å². The fraction of sp³-hybridized carbons (Fsp3) is 0.130. The zero-order valence-corrected chi connectivity index (χ0v) is 17.7. The molecule has 0 fully saturated rings. The molecule has 0 bridgehead atoms. The number of carbonyl (C=O) groups excluding carboxylic acids is 1. The van der Waals surface area contributed by atoms with Crippen LogP contribution in [0.1, 0.15) is 38.4 Å². The summed E-state index contributed by atoms with van der Waals surface area (Å²) in [7, 11) is 1.46. The molecule has 0 saturated carbocycles. The number of benzene rings is 2. The Kier molecular flexibility index (Phi) is 6.29. The summed E-state index contributed by atoms with van der Waals surface area (Å²) in [4.78, 5) is 17.0. The number of nitrogens with one attached hydrogen (secondary N) is 4. The van der Waals surface area contributed by atoms with E-state index >= 15 is 0 Å². The molecule has 6 N–H and O–H groups in total. The van der Waals surface area contributed by atoms with Crippen molar-refractivity contribution in [1.29, 1.82) is 10.8 Å². The van der Waals surface area contributed by atoms with Gasteiger partial charge in [0.25, 0.3) is 5.91 Å². The second-order valence-electron chi connectivity index (χ2n) is 7.17. The van der Waals surface area contributed by atoms with Gasteiger partial charge in [-0.25, -0.2) is 8.78 Å². The lowest BCUT2D eigenvalue weighted by atomic mass is 9.99. The van der Waals surface area contributed by atoms with Crippen LogP contribution in [-0.2, 0) is 0 Å². The van der Waals surface area contributed by atoms with Gasteiger partial charge in [0, 0.05) is 52.8 Å². The van der Waals surface area contributed by atoms with Crippen LogP contribution in [0.2, 0.25) is 0 Å². The van der Waals surface area contributed by atoms with Crippen molar-refractivity contribution in [3.05, 3.63) is 81.7 Å². The van der Waals surface area contributed by atoms with Gasteiger partial charge < -0.3 is 21.8 Å². The Hall–Kier alpha value is -4.14. The first-order valence-electron chi connectivity index (χ1n) is 9.62. The van der Waals surface area contributed by atoms with Crippen LogP contribution in [-0.4, -0.2) is 29.9 Å². The highest BCUT2D eigenvalue weighted by Crippen LogP contribution is 2.26. The summed E-state index contributed by atoms with van der Waals surface area (Å²) in [5, 5.41) is 20.9. The molecule has 2 aromatic carbocycles. The highest BCUT2D eigenvalue weighted by Gasteiger charge is 2.23. The Morgan fingerprint density at radius 3 is 2.38 bits per heavy atom. The van der Waals surface area contributed by atoms with E-state index in [0.717, 1.165) is 17.5 Å². The predicted molar refractivity (Wildman–Crippen MR) is 122 cm³/mol. The number of nitrogens with zero attached hydrogens (tertiary/aromatic N) is 1. The highest BCUT2D eigenvalue weighted by atomic mass is 19.1. The number of amides is 1. The number of nitrogen functional groups attached to an aromatic ring is 1. The molecule has 1 aromatic heterocycles. The van der Waals surface area contributed by atoms with Crippen molar-refractivity contribution >= 4 is 34.9 Å². The number of nitrogens with two attached hydrogens (primary N) is 1. The molecule has 164 valence electrons. The highest BCUT2D eigenvalue weighted by molar-refractivity contribution is 6.15. The fourth-order valence-electron chi connectivity index (χ4n) is 3.37. The maximum Gasteiger partial charge on any atom is 0.261 e. The standard InChI is InChI=1S/C23H22F2N6O/c1-11-6-13(7-12(2)30-11)22(28)15-8-14(4-5-18(15)27)31-23(32)20-17(24)9-19(29-3)16(10-26)21(20)25/h4-10,26,28-29H,27H2,1-3H3,(H,31,32). The van der Waals surface area contributed by atoms with Gasteiger partial charge in [0.1, 0.15) is 17.2 Å². The molecule has 0 atom stereocenters. The number of aryl methyl sites for hydroxylation is 2. The van der Waals surface area contributed by atoms with Crippen LogP contribution in [0.4, 0.5) is 25.8 Å². The van der Waals surface area contributed by atoms with Crippen LogP contribution in [0.25, 0.3) is 0 Å². The number of anilines is 3. The first-order valence-corrected chi connectivity index (χ1v) is 9.62. The molecule has 1 heterocycles. The van der Waals surface area contributed by atoms with Gasteiger partial charge in [-0.15, -0.1) is 0 Å². The van der Waals surface area contributed by atoms with Gasteiger partial charge in [0.15, 0.2) is 0 Å². The molecule has 3 aromatic rings. The van der Waals surface area contributed by atoms with E-state index in [0.29, 0.717) is 23.0 Å². The summed E-state index contributed by atoms with van der Waals surface area (Å²) < 4.78 is 29.2. The third kappa shape index (κ3) is 4.31. The Labute approximate surface area is 183 Å². The summed E-state index contributed by atoms with van der Waals surface area (Å²) in [6, 6.07) is 8.88. The van der Waals surface area contributed by atoms with E-state index in [-0.39, 0.29) is 22.6 Å². The van der Waals surface area contributed by atoms with Crippen molar-refractivity contribution in [2.45, 2.75) is 13.8 Å². The topological polar surface area (TPSA) is 128 Å². The molecule has 0 unspecified atom stereocenters. The van der Waals surface area contributed by atoms with Gasteiger partial charge in [-0.05, 0) is 50.2 Å². The summed E-state index contributed by atoms with van der Waals surface area (Å²) in [5.74, 6) is -3.24. The lowest BCUT2D eigenvalue weighted by Gasteiger charge is -2.14. The average molecular weight is 436 g/mol. The predicted octanol–water partition coefficient (Wildman–Crippen LogP) is 4.27. The smallest absolute Gasteiger partial charge is 0.261 e. The molecule has 0 radical (unpaired) electrons. The molecular weight excluding hydrogens is 414 g/mol. The second-order valence-corrected chi connectivity index (χ2v) is 7.17. The molecule has 3 rings (SSSR count). The monoisotopic (exact) mass is 436 g/mol. The second kappa shape index (κ2) is 8.93. The normalized spacial score (nSPS) is 10.5. The zero-order valence-electron chi connectivity index (χ0n) is 17.7. The van der Waals surface area contributed by atoms with Crippen LogP contribution in [0.5, 0.6) is 0 Å². The van der Waals surface area contributed by atoms with Crippen molar-refractivity contribution in [1.82, 2.24) is 4.98 Å². The van der Waals surface area contributed by atoms with Crippen molar-refractivity contribution in [2.24, 2.45) is 0 Å². The minimum Gasteiger partial charge on any atom is -0.398 e. The third-order valence-electron chi connectivity index (χ3n) is 4.85. The third-order valence-corrected chi connectivity index (χ3v) is 4.85. The SMILES string of the molecule is CNc1cc(F)c(C(=O)Nc2ccc(N)c(C(=N)c3cc(C)nc(C)c3)c2)c(F)c1C=N. The van der Waals surface area contributed by atoms with Gasteiger partial charge in [0.05, 0.1) is 11.3 Å². The average Bonchev–Trinajstić information content (AvgIpc) is 2.73. The largest absolute Gasteiger partial charge is 0.398 e. The molecule has 1 amide bonds. The van der Waals surface area contributed by atoms with E-state index in [1.807, 2.05) is 13.8 Å². The number of rotatable bonds is 6. The Morgan fingerprint density at radius 1 is 1.12 bits per heavy atom. The molecular formula is C23H22F2N6O. The summed E-state index contributed by atoms with van der Waals surface area (Å²) >= 11 is 0. The van der Waals surface area contributed by atoms with Gasteiger partial charge in [-0.3, -0.25) is 15.2 Å². The number of halogens is 2. The molecule has 32 heavy (non-hydrogen) atoms. The van der Waals surface area contributed by atoms with Crippen molar-refractivity contribution in [2.75, 3.05) is 23.4 Å². The maximum absolute atomic E-state index is 14.8. The first kappa shape index (κ1) is 22.5. The minimum absolute atomic E-state index is 0.0534.